The van der Waals surface area contributed by atoms with Crippen LogP contribution in [0.15, 0.2) is 16.6 Å². The van der Waals surface area contributed by atoms with E-state index in [2.05, 4.69) is 36.2 Å². The van der Waals surface area contributed by atoms with E-state index in [9.17, 15) is 4.39 Å². The molecule has 0 unspecified atom stereocenters. The summed E-state index contributed by atoms with van der Waals surface area (Å²) < 4.78 is 13.6. The third-order valence-corrected chi connectivity index (χ3v) is 2.92. The first-order valence-corrected chi connectivity index (χ1v) is 6.02. The normalized spacial score (nSPS) is 10.4. The van der Waals surface area contributed by atoms with Gasteiger partial charge in [-0.25, -0.2) is 4.39 Å². The van der Waals surface area contributed by atoms with Crippen molar-refractivity contribution in [1.82, 2.24) is 15.0 Å². The van der Waals surface area contributed by atoms with E-state index in [1.54, 1.807) is 13.0 Å². The Balaban J connectivity index is 2.36. The zero-order valence-corrected chi connectivity index (χ0v) is 11.5. The first-order chi connectivity index (χ1) is 8.45. The van der Waals surface area contributed by atoms with Crippen LogP contribution in [0.5, 0.6) is 0 Å². The van der Waals surface area contributed by atoms with Crippen LogP contribution in [0.4, 0.5) is 22.0 Å². The zero-order valence-electron chi connectivity index (χ0n) is 9.21. The van der Waals surface area contributed by atoms with Gasteiger partial charge >= 0.3 is 0 Å². The van der Waals surface area contributed by atoms with Crippen molar-refractivity contribution >= 4 is 45.1 Å². The minimum Gasteiger partial charge on any atom is -0.368 e. The molecule has 0 bridgehead atoms. The zero-order chi connectivity index (χ0) is 13.3. The Morgan fingerprint density at radius 3 is 2.72 bits per heavy atom. The molecule has 0 radical (unpaired) electrons. The highest BCUT2D eigenvalue weighted by Gasteiger charge is 2.08. The Hall–Kier alpha value is -1.47. The molecule has 18 heavy (non-hydrogen) atoms. The van der Waals surface area contributed by atoms with E-state index in [0.717, 1.165) is 0 Å². The Bertz CT molecular complexity index is 587. The van der Waals surface area contributed by atoms with Gasteiger partial charge in [0.2, 0.25) is 17.2 Å². The standard InChI is InChI=1S/C10H8BrClFN5/c1-4-2-6(13)5(11)3-7(4)15-10-17-8(12)16-9(14)18-10/h2-3H,1H3,(H3,14,15,16,17,18). The molecule has 3 N–H and O–H groups in total. The maximum Gasteiger partial charge on any atom is 0.233 e. The van der Waals surface area contributed by atoms with E-state index in [4.69, 9.17) is 17.3 Å². The molecule has 94 valence electrons. The third kappa shape index (κ3) is 2.85. The van der Waals surface area contributed by atoms with Gasteiger partial charge in [0.1, 0.15) is 5.82 Å². The van der Waals surface area contributed by atoms with Gasteiger partial charge < -0.3 is 11.1 Å². The number of nitrogens with one attached hydrogen (secondary N) is 1. The first kappa shape index (κ1) is 13.0. The summed E-state index contributed by atoms with van der Waals surface area (Å²) in [5, 5.41) is 2.89. The number of aryl methyl sites for hydroxylation is 1. The molecule has 0 spiro atoms. The molecule has 0 amide bonds. The lowest BCUT2D eigenvalue weighted by molar-refractivity contribution is 0.620. The van der Waals surface area contributed by atoms with Crippen molar-refractivity contribution in [3.8, 4) is 0 Å². The minimum absolute atomic E-state index is 0.0103. The average molecular weight is 333 g/mol. The molecule has 8 heteroatoms. The number of hydrogen-bond donors (Lipinski definition) is 2. The maximum absolute atomic E-state index is 13.3. The Morgan fingerprint density at radius 2 is 2.06 bits per heavy atom. The van der Waals surface area contributed by atoms with Crippen LogP contribution in [0, 0.1) is 12.7 Å². The summed E-state index contributed by atoms with van der Waals surface area (Å²) in [4.78, 5) is 11.4. The van der Waals surface area contributed by atoms with Gasteiger partial charge in [-0.15, -0.1) is 0 Å². The van der Waals surface area contributed by atoms with Crippen LogP contribution in [0.1, 0.15) is 5.56 Å². The number of nitrogens with zero attached hydrogens (tertiary/aromatic N) is 3. The molecule has 0 saturated heterocycles. The van der Waals surface area contributed by atoms with Gasteiger partial charge in [-0.3, -0.25) is 0 Å². The van der Waals surface area contributed by atoms with Crippen LogP contribution in [-0.4, -0.2) is 15.0 Å². The quantitative estimate of drug-likeness (QED) is 0.884. The van der Waals surface area contributed by atoms with Gasteiger partial charge in [-0.2, -0.15) is 15.0 Å². The van der Waals surface area contributed by atoms with Crippen molar-refractivity contribution in [2.75, 3.05) is 11.1 Å². The molecule has 0 fully saturated rings. The minimum atomic E-state index is -0.341. The first-order valence-electron chi connectivity index (χ1n) is 4.85. The van der Waals surface area contributed by atoms with Crippen LogP contribution in [-0.2, 0) is 0 Å². The van der Waals surface area contributed by atoms with E-state index in [-0.39, 0.29) is 23.0 Å². The number of aromatic nitrogens is 3. The number of anilines is 3. The predicted molar refractivity (Wildman–Crippen MR) is 71.4 cm³/mol. The number of halogens is 3. The van der Waals surface area contributed by atoms with Crippen molar-refractivity contribution in [3.63, 3.8) is 0 Å². The molecule has 0 atom stereocenters. The molecule has 0 saturated carbocycles. The van der Waals surface area contributed by atoms with Crippen molar-refractivity contribution in [2.24, 2.45) is 0 Å². The molecule has 1 aromatic carbocycles. The van der Waals surface area contributed by atoms with Gasteiger partial charge in [0.05, 0.1) is 4.47 Å². The lowest BCUT2D eigenvalue weighted by Crippen LogP contribution is -2.04. The smallest absolute Gasteiger partial charge is 0.233 e. The molecule has 0 aliphatic heterocycles. The Kier molecular flexibility index (Phi) is 3.63. The number of benzene rings is 1. The van der Waals surface area contributed by atoms with Gasteiger partial charge in [-0.05, 0) is 52.2 Å². The summed E-state index contributed by atoms with van der Waals surface area (Å²) in [6.45, 7) is 1.75. The summed E-state index contributed by atoms with van der Waals surface area (Å²) >= 11 is 8.76. The average Bonchev–Trinajstić information content (AvgIpc) is 2.24. The fourth-order valence-electron chi connectivity index (χ4n) is 1.32. The summed E-state index contributed by atoms with van der Waals surface area (Å²) in [5.74, 6) is -0.128. The lowest BCUT2D eigenvalue weighted by Gasteiger charge is -2.09. The largest absolute Gasteiger partial charge is 0.368 e. The summed E-state index contributed by atoms with van der Waals surface area (Å²) in [7, 11) is 0. The van der Waals surface area contributed by atoms with Crippen LogP contribution >= 0.6 is 27.5 Å². The van der Waals surface area contributed by atoms with Crippen LogP contribution in [0.25, 0.3) is 0 Å². The topological polar surface area (TPSA) is 76.7 Å². The molecular formula is C10H8BrClFN5. The number of nitrogen functional groups attached to an aromatic ring is 1. The highest BCUT2D eigenvalue weighted by atomic mass is 79.9. The van der Waals surface area contributed by atoms with Gasteiger partial charge in [0.25, 0.3) is 0 Å². The van der Waals surface area contributed by atoms with Gasteiger partial charge in [-0.1, -0.05) is 0 Å². The van der Waals surface area contributed by atoms with E-state index in [0.29, 0.717) is 15.7 Å². The molecular weight excluding hydrogens is 325 g/mol. The van der Waals surface area contributed by atoms with Crippen LogP contribution in [0.2, 0.25) is 5.28 Å². The monoisotopic (exact) mass is 331 g/mol. The second-order valence-electron chi connectivity index (χ2n) is 3.49. The van der Waals surface area contributed by atoms with E-state index < -0.39 is 0 Å². The molecule has 5 nitrogen and oxygen atoms in total. The fourth-order valence-corrected chi connectivity index (χ4v) is 1.83. The van der Waals surface area contributed by atoms with Gasteiger partial charge in [0, 0.05) is 5.69 Å². The number of rotatable bonds is 2. The molecule has 2 rings (SSSR count). The van der Waals surface area contributed by atoms with Crippen molar-refractivity contribution < 1.29 is 4.39 Å². The summed E-state index contributed by atoms with van der Waals surface area (Å²) in [6.07, 6.45) is 0. The summed E-state index contributed by atoms with van der Waals surface area (Å²) in [5.41, 5.74) is 6.79. The Morgan fingerprint density at radius 1 is 1.33 bits per heavy atom. The van der Waals surface area contributed by atoms with E-state index in [1.165, 1.54) is 6.07 Å². The second kappa shape index (κ2) is 5.03. The number of hydrogen-bond acceptors (Lipinski definition) is 5. The fraction of sp³-hybridized carbons (Fsp3) is 0.100. The number of nitrogens with two attached hydrogens (primary N) is 1. The molecule has 0 aliphatic rings. The highest BCUT2D eigenvalue weighted by Crippen LogP contribution is 2.26. The SMILES string of the molecule is Cc1cc(F)c(Br)cc1Nc1nc(N)nc(Cl)n1. The molecule has 1 aromatic heterocycles. The van der Waals surface area contributed by atoms with Crippen LogP contribution in [0.3, 0.4) is 0 Å². The lowest BCUT2D eigenvalue weighted by atomic mass is 10.2. The maximum atomic E-state index is 13.3. The van der Waals surface area contributed by atoms with Crippen LogP contribution < -0.4 is 11.1 Å². The predicted octanol–water partition coefficient (Wildman–Crippen LogP) is 3.06. The van der Waals surface area contributed by atoms with E-state index in [1.807, 2.05) is 0 Å². The van der Waals surface area contributed by atoms with Crippen molar-refractivity contribution in [1.29, 1.82) is 0 Å². The summed E-state index contributed by atoms with van der Waals surface area (Å²) in [6, 6.07) is 2.97. The van der Waals surface area contributed by atoms with Crippen molar-refractivity contribution in [3.05, 3.63) is 33.3 Å². The van der Waals surface area contributed by atoms with Crippen molar-refractivity contribution in [2.45, 2.75) is 6.92 Å². The highest BCUT2D eigenvalue weighted by molar-refractivity contribution is 9.10. The molecule has 1 heterocycles. The molecule has 2 aromatic rings. The molecule has 0 aliphatic carbocycles. The Labute approximate surface area is 116 Å². The second-order valence-corrected chi connectivity index (χ2v) is 4.68. The van der Waals surface area contributed by atoms with Gasteiger partial charge in [0.15, 0.2) is 0 Å². The third-order valence-electron chi connectivity index (χ3n) is 2.14. The van der Waals surface area contributed by atoms with E-state index >= 15 is 0 Å².